The second kappa shape index (κ2) is 6.83. The Hall–Kier alpha value is -2.43. The lowest BCUT2D eigenvalue weighted by Crippen LogP contribution is -2.24. The Labute approximate surface area is 123 Å². The van der Waals surface area contributed by atoms with Gasteiger partial charge in [0.05, 0.1) is 0 Å². The molecule has 0 aliphatic rings. The molecule has 5 nitrogen and oxygen atoms in total. The molecule has 0 fully saturated rings. The molecule has 0 radical (unpaired) electrons. The molecule has 0 atom stereocenters. The number of nitrogens with two attached hydrogens (primary N) is 1. The molecule has 0 aromatic carbocycles. The zero-order valence-electron chi connectivity index (χ0n) is 12.1. The van der Waals surface area contributed by atoms with Gasteiger partial charge in [0, 0.05) is 23.7 Å². The van der Waals surface area contributed by atoms with Gasteiger partial charge in [-0.3, -0.25) is 14.6 Å². The fourth-order valence-electron chi connectivity index (χ4n) is 2.29. The molecule has 110 valence electrons. The normalized spacial score (nSPS) is 10.5. The Morgan fingerprint density at radius 1 is 1.29 bits per heavy atom. The maximum Gasteiger partial charge on any atom is 0.261 e. The number of nitrogens with zero attached hydrogens (tertiary/aromatic N) is 1. The van der Waals surface area contributed by atoms with Gasteiger partial charge in [-0.1, -0.05) is 19.8 Å². The topological polar surface area (TPSA) is 88.8 Å². The highest BCUT2D eigenvalue weighted by Crippen LogP contribution is 2.23. The quantitative estimate of drug-likeness (QED) is 0.798. The number of aromatic amines is 1. The van der Waals surface area contributed by atoms with Crippen molar-refractivity contribution < 1.29 is 4.79 Å². The van der Waals surface area contributed by atoms with E-state index in [2.05, 4.69) is 16.9 Å². The maximum absolute atomic E-state index is 11.9. The Bertz CT molecular complexity index is 678. The molecule has 21 heavy (non-hydrogen) atoms. The summed E-state index contributed by atoms with van der Waals surface area (Å²) in [6.45, 7) is 2.13. The number of carbonyl (C=O) groups excluding carboxylic acids is 1. The SMILES string of the molecule is CCCCCc1[nH]c(=O)c(C(N)=O)cc1-c1ccncc1. The molecule has 2 aromatic rings. The third-order valence-corrected chi connectivity index (χ3v) is 3.41. The second-order valence-electron chi connectivity index (χ2n) is 4.96. The largest absolute Gasteiger partial charge is 0.365 e. The lowest BCUT2D eigenvalue weighted by Gasteiger charge is -2.10. The average molecular weight is 285 g/mol. The average Bonchev–Trinajstić information content (AvgIpc) is 2.48. The van der Waals surface area contributed by atoms with Gasteiger partial charge in [0.2, 0.25) is 0 Å². The number of amides is 1. The van der Waals surface area contributed by atoms with E-state index in [4.69, 9.17) is 5.73 Å². The van der Waals surface area contributed by atoms with Gasteiger partial charge in [0.1, 0.15) is 5.56 Å². The first-order valence-electron chi connectivity index (χ1n) is 7.10. The van der Waals surface area contributed by atoms with Crippen LogP contribution in [0.2, 0.25) is 0 Å². The van der Waals surface area contributed by atoms with Crippen LogP contribution in [0.5, 0.6) is 0 Å². The summed E-state index contributed by atoms with van der Waals surface area (Å²) < 4.78 is 0. The summed E-state index contributed by atoms with van der Waals surface area (Å²) in [4.78, 5) is 30.1. The fourth-order valence-corrected chi connectivity index (χ4v) is 2.29. The molecule has 0 aliphatic heterocycles. The molecular formula is C16H19N3O2. The number of nitrogens with one attached hydrogen (secondary N) is 1. The fraction of sp³-hybridized carbons (Fsp3) is 0.312. The van der Waals surface area contributed by atoms with Crippen LogP contribution in [-0.4, -0.2) is 15.9 Å². The summed E-state index contributed by atoms with van der Waals surface area (Å²) in [5.41, 5.74) is 7.41. The predicted molar refractivity (Wildman–Crippen MR) is 82.0 cm³/mol. The first-order chi connectivity index (χ1) is 10.1. The first kappa shape index (κ1) is 15.0. The number of hydrogen-bond donors (Lipinski definition) is 2. The van der Waals surface area contributed by atoms with Crippen molar-refractivity contribution in [3.05, 3.63) is 52.2 Å². The van der Waals surface area contributed by atoms with Gasteiger partial charge >= 0.3 is 0 Å². The first-order valence-corrected chi connectivity index (χ1v) is 7.10. The van der Waals surface area contributed by atoms with Crippen molar-refractivity contribution >= 4 is 5.91 Å². The van der Waals surface area contributed by atoms with Gasteiger partial charge in [-0.2, -0.15) is 0 Å². The minimum atomic E-state index is -0.716. The Morgan fingerprint density at radius 3 is 2.62 bits per heavy atom. The molecular weight excluding hydrogens is 266 g/mol. The van der Waals surface area contributed by atoms with Crippen LogP contribution < -0.4 is 11.3 Å². The molecule has 0 aliphatic carbocycles. The van der Waals surface area contributed by atoms with Gasteiger partial charge < -0.3 is 10.7 Å². The number of unbranched alkanes of at least 4 members (excludes halogenated alkanes) is 2. The van der Waals surface area contributed by atoms with Crippen LogP contribution >= 0.6 is 0 Å². The summed E-state index contributed by atoms with van der Waals surface area (Å²) in [7, 11) is 0. The van der Waals surface area contributed by atoms with Crippen LogP contribution in [0.4, 0.5) is 0 Å². The van der Waals surface area contributed by atoms with Crippen LogP contribution in [0.15, 0.2) is 35.4 Å². The molecule has 2 rings (SSSR count). The summed E-state index contributed by atoms with van der Waals surface area (Å²) in [6.07, 6.45) is 7.31. The zero-order valence-corrected chi connectivity index (χ0v) is 12.1. The van der Waals surface area contributed by atoms with E-state index in [1.54, 1.807) is 18.5 Å². The molecule has 0 saturated carbocycles. The Kier molecular flexibility index (Phi) is 4.87. The molecule has 2 heterocycles. The zero-order chi connectivity index (χ0) is 15.2. The molecule has 3 N–H and O–H groups in total. The lowest BCUT2D eigenvalue weighted by molar-refractivity contribution is 0.0999. The van der Waals surface area contributed by atoms with Crippen molar-refractivity contribution in [2.24, 2.45) is 5.73 Å². The molecule has 0 bridgehead atoms. The van der Waals surface area contributed by atoms with Crippen LogP contribution in [0.25, 0.3) is 11.1 Å². The van der Waals surface area contributed by atoms with E-state index in [9.17, 15) is 9.59 Å². The minimum absolute atomic E-state index is 0.0129. The van der Waals surface area contributed by atoms with Crippen molar-refractivity contribution in [1.29, 1.82) is 0 Å². The molecule has 1 amide bonds. The number of hydrogen-bond acceptors (Lipinski definition) is 3. The summed E-state index contributed by atoms with van der Waals surface area (Å²) in [6, 6.07) is 5.28. The van der Waals surface area contributed by atoms with E-state index in [0.29, 0.717) is 0 Å². The predicted octanol–water partition coefficient (Wildman–Crippen LogP) is 2.27. The van der Waals surface area contributed by atoms with E-state index >= 15 is 0 Å². The van der Waals surface area contributed by atoms with Gasteiger partial charge in [-0.05, 0) is 36.6 Å². The van der Waals surface area contributed by atoms with Crippen molar-refractivity contribution in [1.82, 2.24) is 9.97 Å². The Balaban J connectivity index is 2.50. The van der Waals surface area contributed by atoms with Crippen LogP contribution in [0.1, 0.15) is 42.2 Å². The molecule has 0 unspecified atom stereocenters. The van der Waals surface area contributed by atoms with Crippen molar-refractivity contribution in [3.8, 4) is 11.1 Å². The van der Waals surface area contributed by atoms with E-state index in [1.165, 1.54) is 0 Å². The van der Waals surface area contributed by atoms with E-state index in [-0.39, 0.29) is 5.56 Å². The molecule has 5 heteroatoms. The highest BCUT2D eigenvalue weighted by Gasteiger charge is 2.13. The lowest BCUT2D eigenvalue weighted by atomic mass is 9.99. The van der Waals surface area contributed by atoms with Crippen LogP contribution in [0.3, 0.4) is 0 Å². The van der Waals surface area contributed by atoms with Gasteiger partial charge in [0.15, 0.2) is 0 Å². The molecule has 0 spiro atoms. The smallest absolute Gasteiger partial charge is 0.261 e. The third kappa shape index (κ3) is 3.56. The standard InChI is InChI=1S/C16H19N3O2/c1-2-3-4-5-14-12(11-6-8-18-9-7-11)10-13(15(17)20)16(21)19-14/h6-10H,2-5H2,1H3,(H2,17,20)(H,19,21). The van der Waals surface area contributed by atoms with Crippen LogP contribution in [0, 0.1) is 0 Å². The minimum Gasteiger partial charge on any atom is -0.365 e. The number of aromatic nitrogens is 2. The highest BCUT2D eigenvalue weighted by molar-refractivity contribution is 5.93. The van der Waals surface area contributed by atoms with E-state index in [0.717, 1.165) is 42.5 Å². The van der Waals surface area contributed by atoms with E-state index < -0.39 is 11.5 Å². The van der Waals surface area contributed by atoms with Crippen molar-refractivity contribution in [2.75, 3.05) is 0 Å². The summed E-state index contributed by atoms with van der Waals surface area (Å²) >= 11 is 0. The van der Waals surface area contributed by atoms with Gasteiger partial charge in [0.25, 0.3) is 11.5 Å². The molecule has 2 aromatic heterocycles. The van der Waals surface area contributed by atoms with Crippen molar-refractivity contribution in [2.45, 2.75) is 32.6 Å². The number of aryl methyl sites for hydroxylation is 1. The number of pyridine rings is 2. The summed E-state index contributed by atoms with van der Waals surface area (Å²) in [5, 5.41) is 0. The number of H-pyrrole nitrogens is 1. The number of primary amides is 1. The van der Waals surface area contributed by atoms with E-state index in [1.807, 2.05) is 12.1 Å². The Morgan fingerprint density at radius 2 is 2.00 bits per heavy atom. The van der Waals surface area contributed by atoms with Gasteiger partial charge in [-0.25, -0.2) is 0 Å². The number of rotatable bonds is 6. The third-order valence-electron chi connectivity index (χ3n) is 3.41. The summed E-state index contributed by atoms with van der Waals surface area (Å²) in [5.74, 6) is -0.716. The maximum atomic E-state index is 11.9. The monoisotopic (exact) mass is 285 g/mol. The number of carbonyl (C=O) groups is 1. The molecule has 0 saturated heterocycles. The van der Waals surface area contributed by atoms with Gasteiger partial charge in [-0.15, -0.1) is 0 Å². The van der Waals surface area contributed by atoms with Crippen molar-refractivity contribution in [3.63, 3.8) is 0 Å². The second-order valence-corrected chi connectivity index (χ2v) is 4.96. The highest BCUT2D eigenvalue weighted by atomic mass is 16.2. The van der Waals surface area contributed by atoms with Crippen LogP contribution in [-0.2, 0) is 6.42 Å².